The predicted molar refractivity (Wildman–Crippen MR) is 83.4 cm³/mol. The summed E-state index contributed by atoms with van der Waals surface area (Å²) in [5, 5.41) is 10.4. The molecular weight excluding hydrogens is 264 g/mol. The van der Waals surface area contributed by atoms with Gasteiger partial charge in [-0.05, 0) is 42.3 Å². The van der Waals surface area contributed by atoms with E-state index in [4.69, 9.17) is 0 Å². The van der Waals surface area contributed by atoms with Crippen molar-refractivity contribution in [2.24, 2.45) is 0 Å². The molecule has 2 aromatic carbocycles. The maximum absolute atomic E-state index is 12.1. The molecule has 104 valence electrons. The van der Waals surface area contributed by atoms with Crippen molar-refractivity contribution in [3.63, 3.8) is 0 Å². The van der Waals surface area contributed by atoms with Crippen LogP contribution in [0.3, 0.4) is 0 Å². The van der Waals surface area contributed by atoms with E-state index in [9.17, 15) is 9.90 Å². The van der Waals surface area contributed by atoms with Crippen molar-refractivity contribution in [3.8, 4) is 17.1 Å². The molecule has 1 heterocycles. The van der Waals surface area contributed by atoms with Gasteiger partial charge in [0.05, 0.1) is 10.9 Å². The first kappa shape index (κ1) is 13.1. The van der Waals surface area contributed by atoms with E-state index in [0.29, 0.717) is 23.1 Å². The Balaban J connectivity index is 2.18. The van der Waals surface area contributed by atoms with Gasteiger partial charge in [-0.1, -0.05) is 18.2 Å². The van der Waals surface area contributed by atoms with Crippen molar-refractivity contribution in [3.05, 3.63) is 71.0 Å². The van der Waals surface area contributed by atoms with E-state index in [2.05, 4.69) is 16.5 Å². The molecule has 1 aromatic heterocycles. The monoisotopic (exact) mass is 278 g/mol. The highest BCUT2D eigenvalue weighted by molar-refractivity contribution is 5.79. The van der Waals surface area contributed by atoms with Crippen LogP contribution in [0.5, 0.6) is 5.75 Å². The minimum atomic E-state index is -0.172. The zero-order chi connectivity index (χ0) is 14.8. The maximum atomic E-state index is 12.1. The Bertz CT molecular complexity index is 881. The van der Waals surface area contributed by atoms with Crippen molar-refractivity contribution < 1.29 is 5.11 Å². The van der Waals surface area contributed by atoms with Crippen molar-refractivity contribution in [1.29, 1.82) is 0 Å². The first-order chi connectivity index (χ1) is 10.2. The van der Waals surface area contributed by atoms with E-state index < -0.39 is 0 Å². The molecule has 4 heteroatoms. The molecular formula is C17H14N2O2. The third kappa shape index (κ3) is 2.43. The first-order valence-electron chi connectivity index (χ1n) is 6.61. The highest BCUT2D eigenvalue weighted by atomic mass is 16.3. The van der Waals surface area contributed by atoms with E-state index in [0.717, 1.165) is 11.1 Å². The number of hydrogen-bond acceptors (Lipinski definition) is 3. The van der Waals surface area contributed by atoms with Crippen LogP contribution in [0.15, 0.2) is 59.9 Å². The fourth-order valence-electron chi connectivity index (χ4n) is 2.27. The maximum Gasteiger partial charge on any atom is 0.259 e. The average molecular weight is 278 g/mol. The number of phenolic OH excluding ortho intramolecular Hbond substituents is 1. The third-order valence-electron chi connectivity index (χ3n) is 3.33. The molecule has 0 aliphatic heterocycles. The predicted octanol–water partition coefficient (Wildman–Crippen LogP) is 3.02. The second-order valence-electron chi connectivity index (χ2n) is 4.77. The Kier molecular flexibility index (Phi) is 3.28. The summed E-state index contributed by atoms with van der Waals surface area (Å²) in [6, 6.07) is 12.3. The molecule has 0 spiro atoms. The number of para-hydroxylation sites is 1. The van der Waals surface area contributed by atoms with Gasteiger partial charge in [0.2, 0.25) is 0 Å². The average Bonchev–Trinajstić information content (AvgIpc) is 2.50. The Morgan fingerprint density at radius 1 is 1.24 bits per heavy atom. The number of aromatic amines is 1. The molecule has 0 amide bonds. The number of nitrogens with one attached hydrogen (secondary N) is 1. The molecule has 0 unspecified atom stereocenters. The van der Waals surface area contributed by atoms with E-state index in [-0.39, 0.29) is 11.3 Å². The molecule has 2 N–H and O–H groups in total. The van der Waals surface area contributed by atoms with Gasteiger partial charge in [0.1, 0.15) is 11.6 Å². The lowest BCUT2D eigenvalue weighted by Gasteiger charge is -2.07. The molecule has 0 bridgehead atoms. The summed E-state index contributed by atoms with van der Waals surface area (Å²) >= 11 is 0. The van der Waals surface area contributed by atoms with Crippen LogP contribution in [0.25, 0.3) is 22.3 Å². The van der Waals surface area contributed by atoms with Gasteiger partial charge in [0.15, 0.2) is 0 Å². The van der Waals surface area contributed by atoms with Crippen LogP contribution in [0.2, 0.25) is 0 Å². The minimum Gasteiger partial charge on any atom is -0.508 e. The third-order valence-corrected chi connectivity index (χ3v) is 3.33. The Morgan fingerprint density at radius 3 is 2.86 bits per heavy atom. The molecule has 0 aliphatic carbocycles. The van der Waals surface area contributed by atoms with Gasteiger partial charge in [0, 0.05) is 5.56 Å². The molecule has 0 saturated heterocycles. The number of fused-ring (bicyclic) bond motifs is 1. The number of benzene rings is 2. The fraction of sp³-hybridized carbons (Fsp3) is 0.0588. The first-order valence-corrected chi connectivity index (χ1v) is 6.61. The van der Waals surface area contributed by atoms with Gasteiger partial charge in [-0.2, -0.15) is 0 Å². The van der Waals surface area contributed by atoms with Crippen molar-refractivity contribution in [2.45, 2.75) is 6.42 Å². The van der Waals surface area contributed by atoms with Crippen LogP contribution in [0, 0.1) is 0 Å². The van der Waals surface area contributed by atoms with Gasteiger partial charge in [-0.3, -0.25) is 4.79 Å². The second-order valence-corrected chi connectivity index (χ2v) is 4.77. The van der Waals surface area contributed by atoms with Crippen molar-refractivity contribution >= 4 is 10.9 Å². The number of allylic oxidation sites excluding steroid dienone is 1. The molecule has 4 nitrogen and oxygen atoms in total. The van der Waals surface area contributed by atoms with E-state index in [1.54, 1.807) is 30.3 Å². The molecule has 0 fully saturated rings. The summed E-state index contributed by atoms with van der Waals surface area (Å²) in [6.07, 6.45) is 2.27. The normalized spacial score (nSPS) is 10.7. The molecule has 3 aromatic rings. The smallest absolute Gasteiger partial charge is 0.259 e. The molecule has 0 atom stereocenters. The van der Waals surface area contributed by atoms with Gasteiger partial charge in [0.25, 0.3) is 5.56 Å². The molecule has 0 radical (unpaired) electrons. The van der Waals surface area contributed by atoms with Gasteiger partial charge < -0.3 is 10.1 Å². The number of nitrogens with zero attached hydrogens (tertiary/aromatic N) is 1. The van der Waals surface area contributed by atoms with Crippen molar-refractivity contribution in [2.75, 3.05) is 0 Å². The van der Waals surface area contributed by atoms with Crippen molar-refractivity contribution in [1.82, 2.24) is 9.97 Å². The zero-order valence-electron chi connectivity index (χ0n) is 11.3. The SMILES string of the molecule is C=CCc1cc(-c2nc3ccccc3c(=O)[nH]2)ccc1O. The van der Waals surface area contributed by atoms with Crippen LogP contribution < -0.4 is 5.56 Å². The number of phenols is 1. The second kappa shape index (κ2) is 5.25. The van der Waals surface area contributed by atoms with E-state index >= 15 is 0 Å². The zero-order valence-corrected chi connectivity index (χ0v) is 11.3. The summed E-state index contributed by atoms with van der Waals surface area (Å²) in [7, 11) is 0. The summed E-state index contributed by atoms with van der Waals surface area (Å²) in [5.74, 6) is 0.700. The molecule has 0 saturated carbocycles. The Hall–Kier alpha value is -2.88. The number of aromatic nitrogens is 2. The Morgan fingerprint density at radius 2 is 2.05 bits per heavy atom. The summed E-state index contributed by atoms with van der Waals surface area (Å²) < 4.78 is 0. The number of aromatic hydroxyl groups is 1. The number of rotatable bonds is 3. The van der Waals surface area contributed by atoms with E-state index in [1.165, 1.54) is 0 Å². The van der Waals surface area contributed by atoms with E-state index in [1.807, 2.05) is 18.2 Å². The van der Waals surface area contributed by atoms with Gasteiger partial charge >= 0.3 is 0 Å². The quantitative estimate of drug-likeness (QED) is 0.724. The van der Waals surface area contributed by atoms with Gasteiger partial charge in [-0.15, -0.1) is 6.58 Å². The summed E-state index contributed by atoms with van der Waals surface area (Å²) in [5.41, 5.74) is 1.98. The molecule has 3 rings (SSSR count). The highest BCUT2D eigenvalue weighted by Gasteiger charge is 2.08. The highest BCUT2D eigenvalue weighted by Crippen LogP contribution is 2.24. The van der Waals surface area contributed by atoms with Crippen LogP contribution in [-0.2, 0) is 6.42 Å². The fourth-order valence-corrected chi connectivity index (χ4v) is 2.27. The molecule has 21 heavy (non-hydrogen) atoms. The van der Waals surface area contributed by atoms with Crippen LogP contribution >= 0.6 is 0 Å². The van der Waals surface area contributed by atoms with Crippen LogP contribution in [-0.4, -0.2) is 15.1 Å². The van der Waals surface area contributed by atoms with Crippen LogP contribution in [0.1, 0.15) is 5.56 Å². The number of hydrogen-bond donors (Lipinski definition) is 2. The lowest BCUT2D eigenvalue weighted by Crippen LogP contribution is -2.09. The lowest BCUT2D eigenvalue weighted by atomic mass is 10.1. The summed E-state index contributed by atoms with van der Waals surface area (Å²) in [6.45, 7) is 3.67. The number of H-pyrrole nitrogens is 1. The molecule has 0 aliphatic rings. The topological polar surface area (TPSA) is 66.0 Å². The van der Waals surface area contributed by atoms with Crippen LogP contribution in [0.4, 0.5) is 0 Å². The Labute approximate surface area is 121 Å². The standard InChI is InChI=1S/C17H14N2O2/c1-2-5-11-10-12(8-9-15(11)20)16-18-14-7-4-3-6-13(14)17(21)19-16/h2-4,6-10,20H,1,5H2,(H,18,19,21). The lowest BCUT2D eigenvalue weighted by molar-refractivity contribution is 0.470. The summed E-state index contributed by atoms with van der Waals surface area (Å²) in [4.78, 5) is 19.3. The minimum absolute atomic E-state index is 0.172. The van der Waals surface area contributed by atoms with Gasteiger partial charge in [-0.25, -0.2) is 4.98 Å². The largest absolute Gasteiger partial charge is 0.508 e.